The highest BCUT2D eigenvalue weighted by atomic mass is 32.2. The number of nitrogens with one attached hydrogen (secondary N) is 1. The Hall–Kier alpha value is -3.19. The SMILES string of the molecule is CC(=O)c1cccc(NC(=O)CSc2ccc(-c3ccc(N4CCCCC4)cc3)nn2)c1. The van der Waals surface area contributed by atoms with Crippen LogP contribution in [0.1, 0.15) is 36.5 Å². The van der Waals surface area contributed by atoms with E-state index in [2.05, 4.69) is 44.7 Å². The molecular weight excluding hydrogens is 420 g/mol. The zero-order chi connectivity index (χ0) is 22.3. The van der Waals surface area contributed by atoms with Gasteiger partial charge in [0.05, 0.1) is 11.4 Å². The van der Waals surface area contributed by atoms with Gasteiger partial charge < -0.3 is 10.2 Å². The van der Waals surface area contributed by atoms with Crippen LogP contribution in [0.3, 0.4) is 0 Å². The number of benzene rings is 2. The highest BCUT2D eigenvalue weighted by Crippen LogP contribution is 2.25. The van der Waals surface area contributed by atoms with Crippen LogP contribution in [0.25, 0.3) is 11.3 Å². The van der Waals surface area contributed by atoms with Crippen molar-refractivity contribution in [1.82, 2.24) is 10.2 Å². The van der Waals surface area contributed by atoms with Gasteiger partial charge in [-0.3, -0.25) is 9.59 Å². The van der Waals surface area contributed by atoms with E-state index in [-0.39, 0.29) is 17.4 Å². The predicted molar refractivity (Wildman–Crippen MR) is 129 cm³/mol. The fourth-order valence-corrected chi connectivity index (χ4v) is 4.31. The molecule has 32 heavy (non-hydrogen) atoms. The molecular formula is C25H26N4O2S. The van der Waals surface area contributed by atoms with E-state index >= 15 is 0 Å². The van der Waals surface area contributed by atoms with Crippen molar-refractivity contribution in [2.45, 2.75) is 31.2 Å². The zero-order valence-electron chi connectivity index (χ0n) is 18.1. The maximum absolute atomic E-state index is 12.2. The van der Waals surface area contributed by atoms with Gasteiger partial charge in [-0.25, -0.2) is 0 Å². The van der Waals surface area contributed by atoms with Crippen molar-refractivity contribution >= 4 is 34.8 Å². The van der Waals surface area contributed by atoms with E-state index in [1.807, 2.05) is 12.1 Å². The Kier molecular flexibility index (Phi) is 7.17. The quantitative estimate of drug-likeness (QED) is 0.404. The smallest absolute Gasteiger partial charge is 0.234 e. The van der Waals surface area contributed by atoms with E-state index in [4.69, 9.17) is 0 Å². The summed E-state index contributed by atoms with van der Waals surface area (Å²) in [5.41, 5.74) is 4.27. The van der Waals surface area contributed by atoms with Crippen LogP contribution in [0.2, 0.25) is 0 Å². The summed E-state index contributed by atoms with van der Waals surface area (Å²) in [6, 6.07) is 19.2. The van der Waals surface area contributed by atoms with E-state index < -0.39 is 0 Å². The lowest BCUT2D eigenvalue weighted by molar-refractivity contribution is -0.113. The molecule has 4 rings (SSSR count). The number of thioether (sulfide) groups is 1. The van der Waals surface area contributed by atoms with E-state index in [1.165, 1.54) is 43.6 Å². The number of carbonyl (C=O) groups excluding carboxylic acids is 2. The molecule has 1 aliphatic heterocycles. The average molecular weight is 447 g/mol. The van der Waals surface area contributed by atoms with Crippen LogP contribution in [-0.2, 0) is 4.79 Å². The second kappa shape index (κ2) is 10.4. The van der Waals surface area contributed by atoms with E-state index in [9.17, 15) is 9.59 Å². The van der Waals surface area contributed by atoms with E-state index in [0.29, 0.717) is 16.3 Å². The minimum atomic E-state index is -0.158. The van der Waals surface area contributed by atoms with Crippen molar-refractivity contribution in [3.05, 3.63) is 66.2 Å². The minimum Gasteiger partial charge on any atom is -0.372 e. The number of aromatic nitrogens is 2. The van der Waals surface area contributed by atoms with Crippen LogP contribution < -0.4 is 10.2 Å². The third-order valence-corrected chi connectivity index (χ3v) is 6.35. The van der Waals surface area contributed by atoms with Gasteiger partial charge in [-0.1, -0.05) is 36.0 Å². The van der Waals surface area contributed by atoms with Gasteiger partial charge in [0.2, 0.25) is 5.91 Å². The van der Waals surface area contributed by atoms with Crippen molar-refractivity contribution in [2.75, 3.05) is 29.1 Å². The highest BCUT2D eigenvalue weighted by molar-refractivity contribution is 7.99. The number of hydrogen-bond acceptors (Lipinski definition) is 6. The molecule has 164 valence electrons. The summed E-state index contributed by atoms with van der Waals surface area (Å²) in [6.45, 7) is 3.75. The average Bonchev–Trinajstić information content (AvgIpc) is 2.84. The number of hydrogen-bond donors (Lipinski definition) is 1. The Labute approximate surface area is 192 Å². The van der Waals surface area contributed by atoms with Crippen LogP contribution in [0, 0.1) is 0 Å². The van der Waals surface area contributed by atoms with Gasteiger partial charge in [0.15, 0.2) is 5.78 Å². The maximum Gasteiger partial charge on any atom is 0.234 e. The fourth-order valence-electron chi connectivity index (χ4n) is 3.70. The number of piperidine rings is 1. The topological polar surface area (TPSA) is 75.2 Å². The molecule has 0 aliphatic carbocycles. The number of carbonyl (C=O) groups is 2. The summed E-state index contributed by atoms with van der Waals surface area (Å²) in [5, 5.41) is 12.1. The standard InChI is InChI=1S/C25H26N4O2S/c1-18(30)20-6-5-7-21(16-20)26-24(31)17-32-25-13-12-23(27-28-25)19-8-10-22(11-9-19)29-14-3-2-4-15-29/h5-13,16H,2-4,14-15,17H2,1H3,(H,26,31). The van der Waals surface area contributed by atoms with Gasteiger partial charge in [-0.2, -0.15) is 0 Å². The molecule has 1 fully saturated rings. The Morgan fingerprint density at radius 2 is 1.75 bits per heavy atom. The van der Waals surface area contributed by atoms with Crippen LogP contribution >= 0.6 is 11.8 Å². The largest absolute Gasteiger partial charge is 0.372 e. The number of ketones is 1. The van der Waals surface area contributed by atoms with Crippen LogP contribution in [0.15, 0.2) is 65.7 Å². The summed E-state index contributed by atoms with van der Waals surface area (Å²) in [5.74, 6) is 0.0184. The van der Waals surface area contributed by atoms with Crippen molar-refractivity contribution < 1.29 is 9.59 Å². The van der Waals surface area contributed by atoms with Crippen molar-refractivity contribution in [1.29, 1.82) is 0 Å². The molecule has 0 radical (unpaired) electrons. The molecule has 0 unspecified atom stereocenters. The van der Waals surface area contributed by atoms with Crippen LogP contribution in [-0.4, -0.2) is 40.7 Å². The highest BCUT2D eigenvalue weighted by Gasteiger charge is 2.11. The zero-order valence-corrected chi connectivity index (χ0v) is 18.9. The summed E-state index contributed by atoms with van der Waals surface area (Å²) in [4.78, 5) is 26.2. The Bertz CT molecular complexity index is 1080. The van der Waals surface area contributed by atoms with E-state index in [1.54, 1.807) is 24.3 Å². The van der Waals surface area contributed by atoms with Crippen molar-refractivity contribution in [2.24, 2.45) is 0 Å². The normalized spacial score (nSPS) is 13.6. The second-order valence-corrected chi connectivity index (χ2v) is 8.82. The molecule has 0 bridgehead atoms. The molecule has 2 aromatic carbocycles. The molecule has 0 atom stereocenters. The molecule has 1 amide bonds. The van der Waals surface area contributed by atoms with Crippen molar-refractivity contribution in [3.8, 4) is 11.3 Å². The first-order valence-corrected chi connectivity index (χ1v) is 11.8. The van der Waals surface area contributed by atoms with Gasteiger partial charge in [0, 0.05) is 35.6 Å². The van der Waals surface area contributed by atoms with Gasteiger partial charge in [0.1, 0.15) is 5.03 Å². The van der Waals surface area contributed by atoms with Gasteiger partial charge in [-0.05, 0) is 62.6 Å². The summed E-state index contributed by atoms with van der Waals surface area (Å²) >= 11 is 1.32. The molecule has 1 N–H and O–H groups in total. The molecule has 2 heterocycles. The Morgan fingerprint density at radius 3 is 2.44 bits per heavy atom. The second-order valence-electron chi connectivity index (χ2n) is 7.83. The lowest BCUT2D eigenvalue weighted by Gasteiger charge is -2.28. The summed E-state index contributed by atoms with van der Waals surface area (Å²) in [7, 11) is 0. The first-order chi connectivity index (χ1) is 15.6. The monoisotopic (exact) mass is 446 g/mol. The summed E-state index contributed by atoms with van der Waals surface area (Å²) < 4.78 is 0. The molecule has 1 saturated heterocycles. The Balaban J connectivity index is 1.31. The lowest BCUT2D eigenvalue weighted by atomic mass is 10.1. The fraction of sp³-hybridized carbons (Fsp3) is 0.280. The first-order valence-electron chi connectivity index (χ1n) is 10.8. The van der Waals surface area contributed by atoms with Crippen LogP contribution in [0.4, 0.5) is 11.4 Å². The van der Waals surface area contributed by atoms with E-state index in [0.717, 1.165) is 24.3 Å². The van der Waals surface area contributed by atoms with Crippen LogP contribution in [0.5, 0.6) is 0 Å². The third-order valence-electron chi connectivity index (χ3n) is 5.43. The number of amides is 1. The number of rotatable bonds is 7. The number of nitrogens with zero attached hydrogens (tertiary/aromatic N) is 3. The maximum atomic E-state index is 12.2. The molecule has 6 nitrogen and oxygen atoms in total. The molecule has 0 saturated carbocycles. The molecule has 0 spiro atoms. The van der Waals surface area contributed by atoms with Crippen molar-refractivity contribution in [3.63, 3.8) is 0 Å². The number of Topliss-reactive ketones (excluding diaryl/α,β-unsaturated/α-hetero) is 1. The molecule has 1 aliphatic rings. The molecule has 7 heteroatoms. The minimum absolute atomic E-state index is 0.0352. The summed E-state index contributed by atoms with van der Waals surface area (Å²) in [6.07, 6.45) is 3.84. The molecule has 3 aromatic rings. The first kappa shape index (κ1) is 22.0. The lowest BCUT2D eigenvalue weighted by Crippen LogP contribution is -2.29. The third kappa shape index (κ3) is 5.73. The predicted octanol–water partition coefficient (Wildman–Crippen LogP) is 5.07. The van der Waals surface area contributed by atoms with Gasteiger partial charge in [0.25, 0.3) is 0 Å². The van der Waals surface area contributed by atoms with Gasteiger partial charge >= 0.3 is 0 Å². The van der Waals surface area contributed by atoms with Gasteiger partial charge in [-0.15, -0.1) is 10.2 Å². The Morgan fingerprint density at radius 1 is 0.969 bits per heavy atom. The number of anilines is 2. The molecule has 1 aromatic heterocycles.